The number of nitrogens with one attached hydrogen (secondary N) is 2. The van der Waals surface area contributed by atoms with Crippen molar-refractivity contribution in [2.24, 2.45) is 0 Å². The van der Waals surface area contributed by atoms with Crippen molar-refractivity contribution in [1.82, 2.24) is 10.6 Å². The first kappa shape index (κ1) is 22.6. The number of hydrogen-bond donors (Lipinski definition) is 2. The van der Waals surface area contributed by atoms with Crippen LogP contribution in [0, 0.1) is 11.6 Å². The Morgan fingerprint density at radius 1 is 1.23 bits per heavy atom. The summed E-state index contributed by atoms with van der Waals surface area (Å²) >= 11 is 5.59. The molecule has 2 aromatic carbocycles. The van der Waals surface area contributed by atoms with Gasteiger partial charge in [-0.25, -0.2) is 8.78 Å². The summed E-state index contributed by atoms with van der Waals surface area (Å²) in [5.74, 6) is -1.05. The van der Waals surface area contributed by atoms with E-state index >= 15 is 0 Å². The fraction of sp³-hybridized carbons (Fsp3) is 0.273. The first-order chi connectivity index (χ1) is 14.8. The summed E-state index contributed by atoms with van der Waals surface area (Å²) in [6, 6.07) is 8.08. The number of aryl methyl sites for hydroxylation is 1. The predicted octanol–water partition coefficient (Wildman–Crippen LogP) is 3.53. The van der Waals surface area contributed by atoms with E-state index in [0.717, 1.165) is 11.6 Å². The van der Waals surface area contributed by atoms with E-state index in [0.29, 0.717) is 30.7 Å². The Hall–Kier alpha value is -3.13. The highest BCUT2D eigenvalue weighted by atomic mass is 35.5. The minimum atomic E-state index is -0.697. The van der Waals surface area contributed by atoms with Crippen LogP contribution in [0.3, 0.4) is 0 Å². The van der Waals surface area contributed by atoms with Gasteiger partial charge in [0.05, 0.1) is 5.02 Å². The highest BCUT2D eigenvalue weighted by Gasteiger charge is 2.26. The second-order valence-electron chi connectivity index (χ2n) is 6.95. The number of hydrogen-bond acceptors (Lipinski definition) is 4. The zero-order valence-electron chi connectivity index (χ0n) is 16.6. The number of rotatable bonds is 8. The van der Waals surface area contributed by atoms with Crippen molar-refractivity contribution in [2.75, 3.05) is 13.2 Å². The average molecular weight is 451 g/mol. The zero-order valence-corrected chi connectivity index (χ0v) is 17.3. The SMILES string of the molecule is C=C(CCNC(=O)COc1ccc(Cl)c(F)c1)NC(=O)[C@H]1CCc2cc(F)ccc2O1. The summed E-state index contributed by atoms with van der Waals surface area (Å²) in [5.41, 5.74) is 1.15. The van der Waals surface area contributed by atoms with Crippen molar-refractivity contribution >= 4 is 23.4 Å². The van der Waals surface area contributed by atoms with Crippen LogP contribution in [-0.2, 0) is 16.0 Å². The van der Waals surface area contributed by atoms with Crippen molar-refractivity contribution in [3.8, 4) is 11.5 Å². The Labute approximate surface area is 183 Å². The Morgan fingerprint density at radius 3 is 2.81 bits per heavy atom. The fourth-order valence-electron chi connectivity index (χ4n) is 2.98. The van der Waals surface area contributed by atoms with Gasteiger partial charge in [0, 0.05) is 24.7 Å². The maximum Gasteiger partial charge on any atom is 0.265 e. The molecule has 1 atom stereocenters. The monoisotopic (exact) mass is 450 g/mol. The number of fused-ring (bicyclic) bond motifs is 1. The molecule has 0 saturated heterocycles. The number of ether oxygens (including phenoxy) is 2. The van der Waals surface area contributed by atoms with Crippen molar-refractivity contribution in [1.29, 1.82) is 0 Å². The Balaban J connectivity index is 1.36. The summed E-state index contributed by atoms with van der Waals surface area (Å²) in [6.07, 6.45) is 0.569. The molecule has 2 amide bonds. The van der Waals surface area contributed by atoms with Crippen LogP contribution < -0.4 is 20.1 Å². The van der Waals surface area contributed by atoms with Gasteiger partial charge in [0.15, 0.2) is 12.7 Å². The van der Waals surface area contributed by atoms with Crippen molar-refractivity contribution in [3.63, 3.8) is 0 Å². The molecule has 0 unspecified atom stereocenters. The van der Waals surface area contributed by atoms with E-state index in [2.05, 4.69) is 17.2 Å². The van der Waals surface area contributed by atoms with Gasteiger partial charge in [0.25, 0.3) is 11.8 Å². The van der Waals surface area contributed by atoms with E-state index in [1.165, 1.54) is 30.3 Å². The van der Waals surface area contributed by atoms with E-state index in [4.69, 9.17) is 21.1 Å². The van der Waals surface area contributed by atoms with Crippen LogP contribution in [0.4, 0.5) is 8.78 Å². The van der Waals surface area contributed by atoms with Crippen molar-refractivity contribution in [2.45, 2.75) is 25.4 Å². The molecule has 1 heterocycles. The number of halogens is 3. The van der Waals surface area contributed by atoms with Crippen LogP contribution in [0.25, 0.3) is 0 Å². The summed E-state index contributed by atoms with van der Waals surface area (Å²) in [4.78, 5) is 24.2. The molecule has 1 aliphatic heterocycles. The summed E-state index contributed by atoms with van der Waals surface area (Å²) < 4.78 is 37.4. The lowest BCUT2D eigenvalue weighted by Gasteiger charge is -2.25. The van der Waals surface area contributed by atoms with Crippen LogP contribution in [-0.4, -0.2) is 31.1 Å². The molecule has 2 aromatic rings. The molecule has 3 rings (SSSR count). The molecule has 0 radical (unpaired) electrons. The molecule has 1 aliphatic rings. The summed E-state index contributed by atoms with van der Waals surface area (Å²) in [5, 5.41) is 5.25. The first-order valence-electron chi connectivity index (χ1n) is 9.60. The fourth-order valence-corrected chi connectivity index (χ4v) is 3.10. The van der Waals surface area contributed by atoms with Crippen LogP contribution >= 0.6 is 11.6 Å². The minimum absolute atomic E-state index is 0.0332. The van der Waals surface area contributed by atoms with Gasteiger partial charge >= 0.3 is 0 Å². The van der Waals surface area contributed by atoms with Gasteiger partial charge in [-0.05, 0) is 48.7 Å². The van der Waals surface area contributed by atoms with Crippen LogP contribution in [0.5, 0.6) is 11.5 Å². The van der Waals surface area contributed by atoms with Crippen molar-refractivity contribution in [3.05, 3.63) is 70.9 Å². The molecule has 0 aromatic heterocycles. The van der Waals surface area contributed by atoms with Gasteiger partial charge in [-0.3, -0.25) is 9.59 Å². The smallest absolute Gasteiger partial charge is 0.265 e. The molecule has 2 N–H and O–H groups in total. The third kappa shape index (κ3) is 6.42. The third-order valence-corrected chi connectivity index (χ3v) is 4.88. The van der Waals surface area contributed by atoms with Gasteiger partial charge in [-0.15, -0.1) is 0 Å². The Morgan fingerprint density at radius 2 is 2.03 bits per heavy atom. The molecule has 0 spiro atoms. The molecule has 0 bridgehead atoms. The van der Waals surface area contributed by atoms with E-state index < -0.39 is 17.8 Å². The zero-order chi connectivity index (χ0) is 22.4. The summed E-state index contributed by atoms with van der Waals surface area (Å²) in [6.45, 7) is 3.71. The molecular weight excluding hydrogens is 430 g/mol. The Kier molecular flexibility index (Phi) is 7.46. The molecule has 0 saturated carbocycles. The van der Waals surface area contributed by atoms with Crippen molar-refractivity contribution < 1.29 is 27.8 Å². The topological polar surface area (TPSA) is 76.7 Å². The standard InChI is InChI=1S/C22H21ClF2N2O4/c1-13(8-9-26-21(28)12-30-16-4-5-17(23)18(25)11-16)27-22(29)20-6-2-14-10-15(24)3-7-19(14)31-20/h3-5,7,10-11,20H,1-2,6,8-9,12H2,(H,26,28)(H,27,29)/t20-/m1/s1. The average Bonchev–Trinajstić information content (AvgIpc) is 2.74. The Bertz CT molecular complexity index is 999. The van der Waals surface area contributed by atoms with Gasteiger partial charge in [-0.1, -0.05) is 18.2 Å². The lowest BCUT2D eigenvalue weighted by molar-refractivity contribution is -0.128. The quantitative estimate of drug-likeness (QED) is 0.645. The molecule has 31 heavy (non-hydrogen) atoms. The van der Waals surface area contributed by atoms with Gasteiger partial charge in [0.2, 0.25) is 0 Å². The van der Waals surface area contributed by atoms with E-state index in [1.807, 2.05) is 0 Å². The van der Waals surface area contributed by atoms with Crippen LogP contribution in [0.15, 0.2) is 48.7 Å². The van der Waals surface area contributed by atoms with E-state index in [1.54, 1.807) is 0 Å². The maximum atomic E-state index is 13.3. The molecule has 0 fully saturated rings. The van der Waals surface area contributed by atoms with Crippen LogP contribution in [0.1, 0.15) is 18.4 Å². The predicted molar refractivity (Wildman–Crippen MR) is 111 cm³/mol. The van der Waals surface area contributed by atoms with Gasteiger partial charge < -0.3 is 20.1 Å². The summed E-state index contributed by atoms with van der Waals surface area (Å²) in [7, 11) is 0. The molecule has 9 heteroatoms. The normalized spacial score (nSPS) is 14.7. The molecule has 164 valence electrons. The number of carbonyl (C=O) groups excluding carboxylic acids is 2. The third-order valence-electron chi connectivity index (χ3n) is 4.57. The largest absolute Gasteiger partial charge is 0.484 e. The van der Waals surface area contributed by atoms with E-state index in [-0.39, 0.29) is 35.6 Å². The van der Waals surface area contributed by atoms with Gasteiger partial charge in [0.1, 0.15) is 23.1 Å². The number of amides is 2. The minimum Gasteiger partial charge on any atom is -0.484 e. The van der Waals surface area contributed by atoms with E-state index in [9.17, 15) is 18.4 Å². The lowest BCUT2D eigenvalue weighted by atomic mass is 10.0. The maximum absolute atomic E-state index is 13.3. The van der Waals surface area contributed by atoms with Gasteiger partial charge in [-0.2, -0.15) is 0 Å². The lowest BCUT2D eigenvalue weighted by Crippen LogP contribution is -2.40. The second kappa shape index (κ2) is 10.3. The first-order valence-corrected chi connectivity index (χ1v) is 9.98. The number of carbonyl (C=O) groups is 2. The highest BCUT2D eigenvalue weighted by molar-refractivity contribution is 6.30. The second-order valence-corrected chi connectivity index (χ2v) is 7.36. The number of benzene rings is 2. The van der Waals surface area contributed by atoms with Crippen LogP contribution in [0.2, 0.25) is 5.02 Å². The molecule has 6 nitrogen and oxygen atoms in total. The molecular formula is C22H21ClF2N2O4. The highest BCUT2D eigenvalue weighted by Crippen LogP contribution is 2.28. The molecule has 0 aliphatic carbocycles.